The number of methoxy groups -OCH3 is 1. The first-order chi connectivity index (χ1) is 12.1. The Labute approximate surface area is 169 Å². The zero-order valence-corrected chi connectivity index (χ0v) is 17.1. The lowest BCUT2D eigenvalue weighted by Gasteiger charge is -2.20. The summed E-state index contributed by atoms with van der Waals surface area (Å²) in [6.07, 6.45) is 0. The summed E-state index contributed by atoms with van der Waals surface area (Å²) in [5.74, 6) is -0.329. The van der Waals surface area contributed by atoms with Gasteiger partial charge in [-0.25, -0.2) is 0 Å². The SMILES string of the molecule is COc1cc(N)c(Cl)cc1C(=O)Nc1cccc(C(=O)NC(C)(C)C)c1.Cl. The predicted octanol–water partition coefficient (Wildman–Crippen LogP) is 4.13. The van der Waals surface area contributed by atoms with Crippen LogP contribution in [0.25, 0.3) is 0 Å². The lowest BCUT2D eigenvalue weighted by atomic mass is 10.1. The van der Waals surface area contributed by atoms with Crippen molar-refractivity contribution in [1.82, 2.24) is 5.32 Å². The van der Waals surface area contributed by atoms with E-state index in [1.807, 2.05) is 20.8 Å². The molecule has 0 bridgehead atoms. The molecule has 0 aliphatic rings. The highest BCUT2D eigenvalue weighted by Crippen LogP contribution is 2.29. The normalized spacial score (nSPS) is 10.6. The van der Waals surface area contributed by atoms with Crippen molar-refractivity contribution in [2.24, 2.45) is 0 Å². The topological polar surface area (TPSA) is 93.4 Å². The fraction of sp³-hybridized carbons (Fsp3) is 0.263. The quantitative estimate of drug-likeness (QED) is 0.659. The van der Waals surface area contributed by atoms with E-state index in [1.165, 1.54) is 19.2 Å². The summed E-state index contributed by atoms with van der Waals surface area (Å²) in [6.45, 7) is 5.69. The minimum absolute atomic E-state index is 0. The maximum atomic E-state index is 12.6. The predicted molar refractivity (Wildman–Crippen MR) is 111 cm³/mol. The van der Waals surface area contributed by atoms with Gasteiger partial charge in [0.15, 0.2) is 0 Å². The van der Waals surface area contributed by atoms with Crippen LogP contribution in [0.3, 0.4) is 0 Å². The number of carbonyl (C=O) groups excluding carboxylic acids is 2. The second-order valence-electron chi connectivity index (χ2n) is 6.81. The van der Waals surface area contributed by atoms with Crippen LogP contribution < -0.4 is 21.1 Å². The molecule has 0 aliphatic carbocycles. The van der Waals surface area contributed by atoms with Crippen molar-refractivity contribution in [2.45, 2.75) is 26.3 Å². The number of ether oxygens (including phenoxy) is 1. The Morgan fingerprint density at radius 2 is 1.78 bits per heavy atom. The Kier molecular flexibility index (Phi) is 7.51. The molecule has 8 heteroatoms. The first-order valence-corrected chi connectivity index (χ1v) is 8.35. The van der Waals surface area contributed by atoms with Gasteiger partial charge in [0.25, 0.3) is 11.8 Å². The van der Waals surface area contributed by atoms with Crippen LogP contribution in [-0.4, -0.2) is 24.5 Å². The van der Waals surface area contributed by atoms with Crippen LogP contribution in [0.2, 0.25) is 5.02 Å². The first-order valence-electron chi connectivity index (χ1n) is 7.97. The summed E-state index contributed by atoms with van der Waals surface area (Å²) in [6, 6.07) is 9.60. The van der Waals surface area contributed by atoms with Crippen LogP contribution in [-0.2, 0) is 0 Å². The molecule has 0 unspecified atom stereocenters. The van der Waals surface area contributed by atoms with Crippen molar-refractivity contribution in [1.29, 1.82) is 0 Å². The number of benzene rings is 2. The van der Waals surface area contributed by atoms with Gasteiger partial charge in [0.2, 0.25) is 0 Å². The summed E-state index contributed by atoms with van der Waals surface area (Å²) in [7, 11) is 1.44. The van der Waals surface area contributed by atoms with Crippen LogP contribution >= 0.6 is 24.0 Å². The van der Waals surface area contributed by atoms with E-state index in [-0.39, 0.29) is 34.4 Å². The number of rotatable bonds is 4. The minimum atomic E-state index is -0.419. The lowest BCUT2D eigenvalue weighted by Crippen LogP contribution is -2.40. The molecule has 0 saturated carbocycles. The van der Waals surface area contributed by atoms with Gasteiger partial charge in [0.1, 0.15) is 5.75 Å². The third-order valence-electron chi connectivity index (χ3n) is 3.43. The number of anilines is 2. The zero-order chi connectivity index (χ0) is 19.5. The van der Waals surface area contributed by atoms with Crippen molar-refractivity contribution in [3.8, 4) is 5.75 Å². The number of amides is 2. The van der Waals surface area contributed by atoms with Gasteiger partial charge in [0, 0.05) is 22.9 Å². The van der Waals surface area contributed by atoms with E-state index < -0.39 is 5.91 Å². The highest BCUT2D eigenvalue weighted by molar-refractivity contribution is 6.33. The number of nitrogens with one attached hydrogen (secondary N) is 2. The summed E-state index contributed by atoms with van der Waals surface area (Å²) in [5, 5.41) is 5.87. The lowest BCUT2D eigenvalue weighted by molar-refractivity contribution is 0.0918. The van der Waals surface area contributed by atoms with E-state index in [0.29, 0.717) is 22.7 Å². The van der Waals surface area contributed by atoms with Gasteiger partial charge in [-0.2, -0.15) is 0 Å². The van der Waals surface area contributed by atoms with Gasteiger partial charge in [-0.3, -0.25) is 9.59 Å². The first kappa shape index (κ1) is 22.6. The van der Waals surface area contributed by atoms with E-state index >= 15 is 0 Å². The molecule has 0 heterocycles. The molecule has 27 heavy (non-hydrogen) atoms. The van der Waals surface area contributed by atoms with E-state index in [4.69, 9.17) is 22.1 Å². The summed E-state index contributed by atoms with van der Waals surface area (Å²) in [5.41, 5.74) is 6.87. The second-order valence-corrected chi connectivity index (χ2v) is 7.22. The van der Waals surface area contributed by atoms with Crippen LogP contribution in [0.15, 0.2) is 36.4 Å². The molecule has 0 atom stereocenters. The van der Waals surface area contributed by atoms with Gasteiger partial charge in [-0.05, 0) is 45.0 Å². The largest absolute Gasteiger partial charge is 0.496 e. The number of halogens is 2. The Balaban J connectivity index is 0.00000364. The Bertz CT molecular complexity index is 849. The van der Waals surface area contributed by atoms with Gasteiger partial charge in [0.05, 0.1) is 23.4 Å². The number of hydrogen-bond donors (Lipinski definition) is 3. The van der Waals surface area contributed by atoms with Crippen LogP contribution in [0.4, 0.5) is 11.4 Å². The Morgan fingerprint density at radius 3 is 2.37 bits per heavy atom. The third-order valence-corrected chi connectivity index (χ3v) is 3.76. The van der Waals surface area contributed by atoms with Crippen LogP contribution in [0, 0.1) is 0 Å². The standard InChI is InChI=1S/C19H22ClN3O3.ClH/c1-19(2,3)23-17(24)11-6-5-7-12(8-11)22-18(25)13-9-14(20)15(21)10-16(13)26-4;/h5-10H,21H2,1-4H3,(H,22,25)(H,23,24);1H. The fourth-order valence-electron chi connectivity index (χ4n) is 2.26. The highest BCUT2D eigenvalue weighted by Gasteiger charge is 2.18. The van der Waals surface area contributed by atoms with E-state index in [0.717, 1.165) is 0 Å². The Morgan fingerprint density at radius 1 is 1.11 bits per heavy atom. The molecule has 2 amide bonds. The molecule has 2 rings (SSSR count). The maximum Gasteiger partial charge on any atom is 0.259 e. The highest BCUT2D eigenvalue weighted by atomic mass is 35.5. The maximum absolute atomic E-state index is 12.6. The molecule has 6 nitrogen and oxygen atoms in total. The van der Waals surface area contributed by atoms with E-state index in [9.17, 15) is 9.59 Å². The average molecular weight is 412 g/mol. The zero-order valence-electron chi connectivity index (χ0n) is 15.6. The van der Waals surface area contributed by atoms with Crippen molar-refractivity contribution in [3.63, 3.8) is 0 Å². The molecule has 0 fully saturated rings. The van der Waals surface area contributed by atoms with Crippen LogP contribution in [0.1, 0.15) is 41.5 Å². The van der Waals surface area contributed by atoms with Crippen molar-refractivity contribution >= 4 is 47.2 Å². The van der Waals surface area contributed by atoms with Crippen molar-refractivity contribution in [2.75, 3.05) is 18.2 Å². The molecular formula is C19H23Cl2N3O3. The number of nitrogens with two attached hydrogens (primary N) is 1. The van der Waals surface area contributed by atoms with Crippen LogP contribution in [0.5, 0.6) is 5.75 Å². The molecule has 146 valence electrons. The van der Waals surface area contributed by atoms with E-state index in [2.05, 4.69) is 10.6 Å². The fourth-order valence-corrected chi connectivity index (χ4v) is 2.43. The molecular weight excluding hydrogens is 389 g/mol. The van der Waals surface area contributed by atoms with E-state index in [1.54, 1.807) is 24.3 Å². The summed E-state index contributed by atoms with van der Waals surface area (Å²) >= 11 is 6.00. The molecule has 2 aromatic carbocycles. The number of hydrogen-bond acceptors (Lipinski definition) is 4. The summed E-state index contributed by atoms with van der Waals surface area (Å²) in [4.78, 5) is 24.9. The smallest absolute Gasteiger partial charge is 0.259 e. The average Bonchev–Trinajstić information content (AvgIpc) is 2.55. The second kappa shape index (κ2) is 8.97. The van der Waals surface area contributed by atoms with Gasteiger partial charge < -0.3 is 21.1 Å². The minimum Gasteiger partial charge on any atom is -0.496 e. The number of nitrogen functional groups attached to an aromatic ring is 1. The van der Waals surface area contributed by atoms with Crippen molar-refractivity contribution in [3.05, 3.63) is 52.5 Å². The summed E-state index contributed by atoms with van der Waals surface area (Å²) < 4.78 is 5.19. The molecule has 0 aliphatic heterocycles. The van der Waals surface area contributed by atoms with Gasteiger partial charge in [-0.1, -0.05) is 17.7 Å². The molecule has 0 radical (unpaired) electrons. The Hall–Kier alpha value is -2.44. The van der Waals surface area contributed by atoms with Crippen molar-refractivity contribution < 1.29 is 14.3 Å². The molecule has 0 spiro atoms. The third kappa shape index (κ3) is 6.05. The molecule has 0 saturated heterocycles. The molecule has 0 aromatic heterocycles. The van der Waals surface area contributed by atoms with Gasteiger partial charge >= 0.3 is 0 Å². The monoisotopic (exact) mass is 411 g/mol. The molecule has 4 N–H and O–H groups in total. The van der Waals surface area contributed by atoms with Gasteiger partial charge in [-0.15, -0.1) is 12.4 Å². The molecule has 2 aromatic rings. The number of carbonyl (C=O) groups is 2.